The van der Waals surface area contributed by atoms with Gasteiger partial charge >= 0.3 is 0 Å². The van der Waals surface area contributed by atoms with Crippen LogP contribution >= 0.6 is 0 Å². The predicted molar refractivity (Wildman–Crippen MR) is 94.9 cm³/mol. The van der Waals surface area contributed by atoms with Crippen molar-refractivity contribution in [3.63, 3.8) is 0 Å². The zero-order valence-corrected chi connectivity index (χ0v) is 14.0. The molecule has 0 aliphatic heterocycles. The van der Waals surface area contributed by atoms with Gasteiger partial charge in [0.2, 0.25) is 0 Å². The van der Waals surface area contributed by atoms with Crippen molar-refractivity contribution in [3.8, 4) is 0 Å². The number of anilines is 1. The smallest absolute Gasteiger partial charge is 0.251 e. The van der Waals surface area contributed by atoms with Crippen LogP contribution in [0.5, 0.6) is 0 Å². The topological polar surface area (TPSA) is 45.2 Å². The van der Waals surface area contributed by atoms with E-state index in [0.717, 1.165) is 31.7 Å². The van der Waals surface area contributed by atoms with Crippen molar-refractivity contribution in [2.45, 2.75) is 26.7 Å². The Hall–Kier alpha value is -2.36. The average molecular weight is 311 g/mol. The summed E-state index contributed by atoms with van der Waals surface area (Å²) in [5.74, 6) is 0.820. The molecule has 0 saturated heterocycles. The zero-order chi connectivity index (χ0) is 16.5. The maximum absolute atomic E-state index is 12.3. The van der Waals surface area contributed by atoms with Crippen LogP contribution in [-0.4, -0.2) is 30.5 Å². The van der Waals surface area contributed by atoms with Crippen LogP contribution in [0.2, 0.25) is 0 Å². The number of rotatable bonds is 8. The summed E-state index contributed by atoms with van der Waals surface area (Å²) < 4.78 is 0. The Morgan fingerprint density at radius 2 is 1.87 bits per heavy atom. The van der Waals surface area contributed by atoms with Gasteiger partial charge in [-0.1, -0.05) is 30.3 Å². The Morgan fingerprint density at radius 1 is 1.13 bits per heavy atom. The van der Waals surface area contributed by atoms with Gasteiger partial charge in [-0.25, -0.2) is 4.98 Å². The van der Waals surface area contributed by atoms with Crippen LogP contribution < -0.4 is 10.2 Å². The number of hydrogen-bond donors (Lipinski definition) is 1. The molecule has 0 aliphatic rings. The zero-order valence-electron chi connectivity index (χ0n) is 14.0. The molecule has 0 bridgehead atoms. The minimum atomic E-state index is -0.0335. The summed E-state index contributed by atoms with van der Waals surface area (Å²) in [6.45, 7) is 6.61. The molecule has 4 heteroatoms. The molecule has 2 aromatic rings. The number of aryl methyl sites for hydroxylation is 1. The van der Waals surface area contributed by atoms with Gasteiger partial charge in [0.15, 0.2) is 0 Å². The monoisotopic (exact) mass is 311 g/mol. The van der Waals surface area contributed by atoms with Crippen molar-refractivity contribution in [1.82, 2.24) is 10.3 Å². The highest BCUT2D eigenvalue weighted by Crippen LogP contribution is 2.12. The molecule has 1 heterocycles. The van der Waals surface area contributed by atoms with Crippen molar-refractivity contribution < 1.29 is 4.79 Å². The average Bonchev–Trinajstić information content (AvgIpc) is 2.61. The number of carbonyl (C=O) groups is 1. The molecule has 0 radical (unpaired) electrons. The number of carbonyl (C=O) groups excluding carboxylic acids is 1. The highest BCUT2D eigenvalue weighted by molar-refractivity contribution is 5.94. The number of aromatic nitrogens is 1. The summed E-state index contributed by atoms with van der Waals surface area (Å²) in [7, 11) is 0. The summed E-state index contributed by atoms with van der Waals surface area (Å²) in [6, 6.07) is 13.9. The second kappa shape index (κ2) is 8.93. The SMILES string of the molecule is CCN(CC)c1cc(C(=O)NCCCc2ccccc2)ccn1. The standard InChI is InChI=1S/C19H25N3O/c1-3-22(4-2)18-15-17(12-14-20-18)19(23)21-13-8-11-16-9-6-5-7-10-16/h5-7,9-10,12,14-15H,3-4,8,11,13H2,1-2H3,(H,21,23). The van der Waals surface area contributed by atoms with Crippen LogP contribution in [0.15, 0.2) is 48.7 Å². The first-order valence-corrected chi connectivity index (χ1v) is 8.27. The Bertz CT molecular complexity index is 609. The third-order valence-electron chi connectivity index (χ3n) is 3.87. The number of nitrogens with one attached hydrogen (secondary N) is 1. The molecule has 1 aromatic heterocycles. The van der Waals surface area contributed by atoms with Crippen LogP contribution in [0.25, 0.3) is 0 Å². The lowest BCUT2D eigenvalue weighted by atomic mass is 10.1. The molecule has 0 unspecified atom stereocenters. The minimum absolute atomic E-state index is 0.0335. The van der Waals surface area contributed by atoms with Gasteiger partial charge in [-0.2, -0.15) is 0 Å². The Balaban J connectivity index is 1.84. The molecule has 1 N–H and O–H groups in total. The second-order valence-electron chi connectivity index (χ2n) is 5.42. The van der Waals surface area contributed by atoms with Crippen molar-refractivity contribution in [2.75, 3.05) is 24.5 Å². The molecular weight excluding hydrogens is 286 g/mol. The van der Waals surface area contributed by atoms with E-state index in [1.807, 2.05) is 24.3 Å². The molecule has 0 saturated carbocycles. The molecule has 1 amide bonds. The maximum atomic E-state index is 12.3. The van der Waals surface area contributed by atoms with E-state index in [9.17, 15) is 4.79 Å². The predicted octanol–water partition coefficient (Wildman–Crippen LogP) is 3.29. The van der Waals surface area contributed by atoms with Crippen molar-refractivity contribution in [1.29, 1.82) is 0 Å². The Labute approximate surface area is 138 Å². The molecule has 2 rings (SSSR count). The van der Waals surface area contributed by atoms with Gasteiger partial charge in [0.1, 0.15) is 5.82 Å². The highest BCUT2D eigenvalue weighted by Gasteiger charge is 2.09. The van der Waals surface area contributed by atoms with E-state index in [-0.39, 0.29) is 5.91 Å². The normalized spacial score (nSPS) is 10.3. The van der Waals surface area contributed by atoms with Gasteiger partial charge in [-0.3, -0.25) is 4.79 Å². The Kier molecular flexibility index (Phi) is 6.60. The summed E-state index contributed by atoms with van der Waals surface area (Å²) in [4.78, 5) is 18.7. The Morgan fingerprint density at radius 3 is 2.57 bits per heavy atom. The molecule has 122 valence electrons. The minimum Gasteiger partial charge on any atom is -0.357 e. The maximum Gasteiger partial charge on any atom is 0.251 e. The van der Waals surface area contributed by atoms with Gasteiger partial charge in [-0.05, 0) is 44.4 Å². The van der Waals surface area contributed by atoms with Crippen LogP contribution in [0.1, 0.15) is 36.2 Å². The van der Waals surface area contributed by atoms with Gasteiger partial charge in [0, 0.05) is 31.4 Å². The highest BCUT2D eigenvalue weighted by atomic mass is 16.1. The van der Waals surface area contributed by atoms with E-state index >= 15 is 0 Å². The first-order chi connectivity index (χ1) is 11.2. The molecule has 23 heavy (non-hydrogen) atoms. The number of benzene rings is 1. The molecular formula is C19H25N3O. The fourth-order valence-corrected chi connectivity index (χ4v) is 2.52. The summed E-state index contributed by atoms with van der Waals surface area (Å²) in [5.41, 5.74) is 1.97. The molecule has 0 aliphatic carbocycles. The van der Waals surface area contributed by atoms with E-state index in [1.165, 1.54) is 5.56 Å². The van der Waals surface area contributed by atoms with E-state index in [0.29, 0.717) is 12.1 Å². The van der Waals surface area contributed by atoms with Crippen LogP contribution in [0.4, 0.5) is 5.82 Å². The molecule has 1 aromatic carbocycles. The van der Waals surface area contributed by atoms with Gasteiger partial charge in [0.25, 0.3) is 5.91 Å². The number of pyridine rings is 1. The van der Waals surface area contributed by atoms with E-state index < -0.39 is 0 Å². The van der Waals surface area contributed by atoms with Gasteiger partial charge < -0.3 is 10.2 Å². The van der Waals surface area contributed by atoms with Crippen molar-refractivity contribution in [3.05, 3.63) is 59.8 Å². The first-order valence-electron chi connectivity index (χ1n) is 8.27. The van der Waals surface area contributed by atoms with Crippen LogP contribution in [-0.2, 0) is 6.42 Å². The van der Waals surface area contributed by atoms with Gasteiger partial charge in [-0.15, -0.1) is 0 Å². The summed E-state index contributed by atoms with van der Waals surface area (Å²) in [5, 5.41) is 2.99. The molecule has 0 spiro atoms. The number of hydrogen-bond acceptors (Lipinski definition) is 3. The third kappa shape index (κ3) is 5.09. The van der Waals surface area contributed by atoms with Crippen LogP contribution in [0.3, 0.4) is 0 Å². The quantitative estimate of drug-likeness (QED) is 0.761. The lowest BCUT2D eigenvalue weighted by Crippen LogP contribution is -2.26. The molecule has 4 nitrogen and oxygen atoms in total. The van der Waals surface area contributed by atoms with E-state index in [2.05, 4.69) is 41.2 Å². The molecule has 0 atom stereocenters. The lowest BCUT2D eigenvalue weighted by molar-refractivity contribution is 0.0953. The van der Waals surface area contributed by atoms with E-state index in [1.54, 1.807) is 12.3 Å². The second-order valence-corrected chi connectivity index (χ2v) is 5.42. The number of amides is 1. The summed E-state index contributed by atoms with van der Waals surface area (Å²) in [6.07, 6.45) is 3.61. The number of nitrogens with zero attached hydrogens (tertiary/aromatic N) is 2. The van der Waals surface area contributed by atoms with Gasteiger partial charge in [0.05, 0.1) is 0 Å². The fraction of sp³-hybridized carbons (Fsp3) is 0.368. The summed E-state index contributed by atoms with van der Waals surface area (Å²) >= 11 is 0. The van der Waals surface area contributed by atoms with Crippen molar-refractivity contribution in [2.24, 2.45) is 0 Å². The first kappa shape index (κ1) is 17.0. The van der Waals surface area contributed by atoms with Crippen LogP contribution in [0, 0.1) is 0 Å². The largest absolute Gasteiger partial charge is 0.357 e. The molecule has 0 fully saturated rings. The van der Waals surface area contributed by atoms with Crippen molar-refractivity contribution >= 4 is 11.7 Å². The fourth-order valence-electron chi connectivity index (χ4n) is 2.52. The van der Waals surface area contributed by atoms with E-state index in [4.69, 9.17) is 0 Å². The third-order valence-corrected chi connectivity index (χ3v) is 3.87. The lowest BCUT2D eigenvalue weighted by Gasteiger charge is -2.20.